The molecule has 1 nitrogen and oxygen atoms in total. The minimum Gasteiger partial charge on any atom is -0.316 e. The van der Waals surface area contributed by atoms with Gasteiger partial charge in [-0.1, -0.05) is 0 Å². The normalized spacial score (nSPS) is 18.6. The molecule has 0 atom stereocenters. The average molecular weight is 109 g/mol. The Bertz CT molecular complexity index is 114. The van der Waals surface area contributed by atoms with Crippen molar-refractivity contribution in [1.29, 1.82) is 0 Å². The zero-order valence-electron chi connectivity index (χ0n) is 5.20. The van der Waals surface area contributed by atoms with E-state index in [9.17, 15) is 0 Å². The molecule has 0 amide bonds. The monoisotopic (exact) mass is 109 g/mol. The van der Waals surface area contributed by atoms with Crippen LogP contribution in [-0.2, 0) is 0 Å². The third-order valence-electron chi connectivity index (χ3n) is 1.43. The fraction of sp³-hybridized carbons (Fsp3) is 0.714. The average Bonchev–Trinajstić information content (AvgIpc) is 1.63. The summed E-state index contributed by atoms with van der Waals surface area (Å²) in [4.78, 5) is 0. The Morgan fingerprint density at radius 3 is 2.75 bits per heavy atom. The molecule has 1 fully saturated rings. The lowest BCUT2D eigenvalue weighted by atomic mass is 10.0. The molecule has 0 aromatic rings. The fourth-order valence-corrected chi connectivity index (χ4v) is 0.739. The molecule has 1 aliphatic heterocycles. The van der Waals surface area contributed by atoms with E-state index in [1.165, 1.54) is 13.1 Å². The zero-order valence-corrected chi connectivity index (χ0v) is 5.20. The number of hydrogen-bond donors (Lipinski definition) is 1. The van der Waals surface area contributed by atoms with E-state index in [4.69, 9.17) is 0 Å². The Morgan fingerprint density at radius 2 is 2.38 bits per heavy atom. The molecular weight excluding hydrogens is 98.1 g/mol. The van der Waals surface area contributed by atoms with Crippen molar-refractivity contribution in [1.82, 2.24) is 5.32 Å². The van der Waals surface area contributed by atoms with E-state index >= 15 is 0 Å². The highest BCUT2D eigenvalue weighted by Crippen LogP contribution is 2.05. The summed E-state index contributed by atoms with van der Waals surface area (Å²) in [5, 5.41) is 3.20. The van der Waals surface area contributed by atoms with Crippen molar-refractivity contribution in [2.75, 3.05) is 13.1 Å². The van der Waals surface area contributed by atoms with Crippen molar-refractivity contribution in [3.63, 3.8) is 0 Å². The van der Waals surface area contributed by atoms with Gasteiger partial charge in [0.15, 0.2) is 0 Å². The number of hydrogen-bond acceptors (Lipinski definition) is 1. The van der Waals surface area contributed by atoms with Gasteiger partial charge in [-0.3, -0.25) is 0 Å². The van der Waals surface area contributed by atoms with Gasteiger partial charge in [0.2, 0.25) is 0 Å². The van der Waals surface area contributed by atoms with Gasteiger partial charge in [-0.25, -0.2) is 0 Å². The molecule has 0 aromatic carbocycles. The Labute approximate surface area is 50.5 Å². The Balaban J connectivity index is 2.07. The Kier molecular flexibility index (Phi) is 1.93. The molecule has 0 saturated carbocycles. The smallest absolute Gasteiger partial charge is 0.0141 e. The zero-order chi connectivity index (χ0) is 5.82. The van der Waals surface area contributed by atoms with Crippen molar-refractivity contribution >= 4 is 0 Å². The van der Waals surface area contributed by atoms with Gasteiger partial charge >= 0.3 is 0 Å². The molecule has 44 valence electrons. The Morgan fingerprint density at radius 1 is 1.62 bits per heavy atom. The molecule has 0 spiro atoms. The van der Waals surface area contributed by atoms with Crippen molar-refractivity contribution in [3.8, 4) is 11.8 Å². The second-order valence-corrected chi connectivity index (χ2v) is 2.16. The van der Waals surface area contributed by atoms with Gasteiger partial charge in [-0.05, 0) is 12.8 Å². The minimum absolute atomic E-state index is 0.849. The summed E-state index contributed by atoms with van der Waals surface area (Å²) in [6.07, 6.45) is 1.09. The predicted octanol–water partition coefficient (Wildman–Crippen LogP) is 0.619. The maximum absolute atomic E-state index is 3.20. The molecule has 0 bridgehead atoms. The molecule has 0 unspecified atom stereocenters. The van der Waals surface area contributed by atoms with Gasteiger partial charge in [0.25, 0.3) is 0 Å². The van der Waals surface area contributed by atoms with Gasteiger partial charge in [-0.2, -0.15) is 0 Å². The van der Waals surface area contributed by atoms with Crippen molar-refractivity contribution < 1.29 is 0 Å². The van der Waals surface area contributed by atoms with Crippen LogP contribution in [0.3, 0.4) is 0 Å². The van der Waals surface area contributed by atoms with Crippen LogP contribution in [0.25, 0.3) is 0 Å². The molecule has 1 N–H and O–H groups in total. The number of nitrogens with one attached hydrogen (secondary N) is 1. The van der Waals surface area contributed by atoms with Crippen molar-refractivity contribution in [2.45, 2.75) is 13.3 Å². The third-order valence-corrected chi connectivity index (χ3v) is 1.43. The molecule has 0 aliphatic carbocycles. The summed E-state index contributed by atoms with van der Waals surface area (Å²) >= 11 is 0. The van der Waals surface area contributed by atoms with Gasteiger partial charge in [0, 0.05) is 19.5 Å². The minimum atomic E-state index is 0.849. The van der Waals surface area contributed by atoms with E-state index in [0.29, 0.717) is 0 Å². The lowest BCUT2D eigenvalue weighted by Crippen LogP contribution is -2.41. The van der Waals surface area contributed by atoms with Crippen LogP contribution in [0.1, 0.15) is 13.3 Å². The van der Waals surface area contributed by atoms with Crippen LogP contribution in [0.15, 0.2) is 0 Å². The summed E-state index contributed by atoms with van der Waals surface area (Å²) < 4.78 is 0. The van der Waals surface area contributed by atoms with Crippen LogP contribution >= 0.6 is 0 Å². The molecule has 0 aromatic heterocycles. The topological polar surface area (TPSA) is 12.0 Å². The lowest BCUT2D eigenvalue weighted by molar-refractivity contribution is 0.356. The summed E-state index contributed by atoms with van der Waals surface area (Å²) in [5.74, 6) is 6.80. The lowest BCUT2D eigenvalue weighted by Gasteiger charge is -2.24. The summed E-state index contributed by atoms with van der Waals surface area (Å²) in [7, 11) is 0. The summed E-state index contributed by atoms with van der Waals surface area (Å²) in [5.41, 5.74) is 0. The maximum Gasteiger partial charge on any atom is 0.0141 e. The first-order valence-corrected chi connectivity index (χ1v) is 3.04. The first-order chi connectivity index (χ1) is 3.93. The van der Waals surface area contributed by atoms with Crippen LogP contribution in [-0.4, -0.2) is 13.1 Å². The van der Waals surface area contributed by atoms with Crippen molar-refractivity contribution in [3.05, 3.63) is 0 Å². The second-order valence-electron chi connectivity index (χ2n) is 2.16. The van der Waals surface area contributed by atoms with E-state index in [-0.39, 0.29) is 0 Å². The third kappa shape index (κ3) is 1.24. The van der Waals surface area contributed by atoms with E-state index in [2.05, 4.69) is 17.2 Å². The van der Waals surface area contributed by atoms with Crippen LogP contribution in [0.2, 0.25) is 0 Å². The quantitative estimate of drug-likeness (QED) is 0.487. The van der Waals surface area contributed by atoms with Gasteiger partial charge in [-0.15, -0.1) is 11.8 Å². The molecule has 0 radical (unpaired) electrons. The largest absolute Gasteiger partial charge is 0.316 e. The van der Waals surface area contributed by atoms with E-state index in [0.717, 1.165) is 12.3 Å². The maximum atomic E-state index is 3.20. The fourth-order valence-electron chi connectivity index (χ4n) is 0.739. The summed E-state index contributed by atoms with van der Waals surface area (Å²) in [6.45, 7) is 4.25. The standard InChI is InChI=1S/C7H11N/c1-2-3-4-7-5-8-6-7/h7-8H,4-6H2,1H3. The highest BCUT2D eigenvalue weighted by atomic mass is 14.9. The molecular formula is C7H11N. The molecule has 1 heterocycles. The number of rotatable bonds is 1. The van der Waals surface area contributed by atoms with Crippen LogP contribution in [0.4, 0.5) is 0 Å². The van der Waals surface area contributed by atoms with Crippen molar-refractivity contribution in [2.24, 2.45) is 5.92 Å². The molecule has 1 rings (SSSR count). The van der Waals surface area contributed by atoms with Gasteiger partial charge in [0.05, 0.1) is 0 Å². The summed E-state index contributed by atoms with van der Waals surface area (Å²) in [6, 6.07) is 0. The highest BCUT2D eigenvalue weighted by molar-refractivity contribution is 4.98. The predicted molar refractivity (Wildman–Crippen MR) is 34.4 cm³/mol. The molecule has 8 heavy (non-hydrogen) atoms. The Hall–Kier alpha value is -0.480. The van der Waals surface area contributed by atoms with Crippen LogP contribution < -0.4 is 5.32 Å². The first kappa shape index (κ1) is 5.65. The molecule has 1 aliphatic rings. The first-order valence-electron chi connectivity index (χ1n) is 3.04. The van der Waals surface area contributed by atoms with E-state index < -0.39 is 0 Å². The molecule has 1 heteroatoms. The highest BCUT2D eigenvalue weighted by Gasteiger charge is 2.13. The molecule has 1 saturated heterocycles. The van der Waals surface area contributed by atoms with Crippen LogP contribution in [0, 0.1) is 17.8 Å². The van der Waals surface area contributed by atoms with Crippen LogP contribution in [0.5, 0.6) is 0 Å². The second kappa shape index (κ2) is 2.74. The van der Waals surface area contributed by atoms with Gasteiger partial charge in [0.1, 0.15) is 0 Å². The van der Waals surface area contributed by atoms with Gasteiger partial charge < -0.3 is 5.32 Å². The van der Waals surface area contributed by atoms with E-state index in [1.807, 2.05) is 6.92 Å². The SMILES string of the molecule is CC#CCC1CNC1. The van der Waals surface area contributed by atoms with E-state index in [1.54, 1.807) is 0 Å².